The highest BCUT2D eigenvalue weighted by molar-refractivity contribution is 5.91. The lowest BCUT2D eigenvalue weighted by atomic mass is 10.1. The van der Waals surface area contributed by atoms with Gasteiger partial charge in [-0.25, -0.2) is 0 Å². The predicted octanol–water partition coefficient (Wildman–Crippen LogP) is 1.54. The van der Waals surface area contributed by atoms with Gasteiger partial charge in [-0.15, -0.1) is 0 Å². The number of likely N-dealkylation sites (N-methyl/N-ethyl adjacent to an activating group) is 1. The molecule has 2 aromatic carbocycles. The number of anilines is 1. The predicted molar refractivity (Wildman–Crippen MR) is 99.5 cm³/mol. The first-order valence-corrected chi connectivity index (χ1v) is 8.29. The van der Waals surface area contributed by atoms with E-state index in [0.29, 0.717) is 35.8 Å². The van der Waals surface area contributed by atoms with Crippen molar-refractivity contribution in [1.82, 2.24) is 0 Å². The summed E-state index contributed by atoms with van der Waals surface area (Å²) in [5, 5.41) is 11.8. The van der Waals surface area contributed by atoms with Crippen LogP contribution in [0.25, 0.3) is 0 Å². The Labute approximate surface area is 153 Å². The Morgan fingerprint density at radius 2 is 1.88 bits per heavy atom. The van der Waals surface area contributed by atoms with Crippen LogP contribution in [0, 0.1) is 18.3 Å². The monoisotopic (exact) mass is 354 g/mol. The van der Waals surface area contributed by atoms with Gasteiger partial charge in [0.05, 0.1) is 32.9 Å². The third-order valence-electron chi connectivity index (χ3n) is 4.07. The van der Waals surface area contributed by atoms with Crippen molar-refractivity contribution in [2.75, 3.05) is 33.1 Å². The SMILES string of the molecule is COc1cc(C)c(C[NH+](C)CC(=O)Nc2cccc(C#N)c2)cc1OC. The minimum Gasteiger partial charge on any atom is -0.493 e. The van der Waals surface area contributed by atoms with Crippen molar-refractivity contribution < 1.29 is 19.2 Å². The Hall–Kier alpha value is -3.04. The van der Waals surface area contributed by atoms with Crippen LogP contribution < -0.4 is 19.7 Å². The number of benzene rings is 2. The normalized spacial score (nSPS) is 11.3. The molecule has 136 valence electrons. The minimum atomic E-state index is -0.101. The fraction of sp³-hybridized carbons (Fsp3) is 0.300. The Morgan fingerprint density at radius 3 is 2.54 bits per heavy atom. The zero-order valence-corrected chi connectivity index (χ0v) is 15.6. The molecule has 2 rings (SSSR count). The number of methoxy groups -OCH3 is 2. The van der Waals surface area contributed by atoms with Gasteiger partial charge in [0.1, 0.15) is 6.54 Å². The molecule has 0 saturated heterocycles. The highest BCUT2D eigenvalue weighted by atomic mass is 16.5. The molecule has 1 amide bonds. The molecule has 0 aromatic heterocycles. The smallest absolute Gasteiger partial charge is 0.279 e. The Balaban J connectivity index is 2.00. The van der Waals surface area contributed by atoms with Crippen LogP contribution >= 0.6 is 0 Å². The zero-order valence-electron chi connectivity index (χ0n) is 15.6. The number of hydrogen-bond donors (Lipinski definition) is 2. The first-order valence-electron chi connectivity index (χ1n) is 8.29. The van der Waals surface area contributed by atoms with Crippen LogP contribution in [-0.2, 0) is 11.3 Å². The van der Waals surface area contributed by atoms with Crippen molar-refractivity contribution >= 4 is 11.6 Å². The molecule has 0 aliphatic rings. The highest BCUT2D eigenvalue weighted by Crippen LogP contribution is 2.29. The van der Waals surface area contributed by atoms with E-state index in [9.17, 15) is 4.79 Å². The number of nitrogens with one attached hydrogen (secondary N) is 2. The number of hydrogen-bond acceptors (Lipinski definition) is 4. The molecule has 2 N–H and O–H groups in total. The van der Waals surface area contributed by atoms with Gasteiger partial charge in [-0.05, 0) is 42.8 Å². The molecule has 0 fully saturated rings. The van der Waals surface area contributed by atoms with Crippen molar-refractivity contribution in [3.05, 3.63) is 53.1 Å². The molecule has 1 atom stereocenters. The molecule has 0 aliphatic heterocycles. The lowest BCUT2D eigenvalue weighted by Gasteiger charge is -2.17. The van der Waals surface area contributed by atoms with Crippen LogP contribution in [0.5, 0.6) is 11.5 Å². The van der Waals surface area contributed by atoms with Gasteiger partial charge < -0.3 is 19.7 Å². The summed E-state index contributed by atoms with van der Waals surface area (Å²) in [7, 11) is 5.18. The van der Waals surface area contributed by atoms with Gasteiger partial charge in [-0.2, -0.15) is 5.26 Å². The van der Waals surface area contributed by atoms with Crippen LogP contribution in [0.4, 0.5) is 5.69 Å². The van der Waals surface area contributed by atoms with Crippen LogP contribution in [0.3, 0.4) is 0 Å². The molecule has 26 heavy (non-hydrogen) atoms. The summed E-state index contributed by atoms with van der Waals surface area (Å²) in [6.07, 6.45) is 0. The summed E-state index contributed by atoms with van der Waals surface area (Å²) >= 11 is 0. The van der Waals surface area contributed by atoms with Crippen molar-refractivity contribution in [2.24, 2.45) is 0 Å². The Morgan fingerprint density at radius 1 is 1.19 bits per heavy atom. The van der Waals surface area contributed by atoms with Gasteiger partial charge in [0.15, 0.2) is 18.0 Å². The topological polar surface area (TPSA) is 75.8 Å². The molecule has 0 spiro atoms. The molecular weight excluding hydrogens is 330 g/mol. The number of nitriles is 1. The number of ether oxygens (including phenoxy) is 2. The minimum absolute atomic E-state index is 0.101. The second-order valence-corrected chi connectivity index (χ2v) is 6.19. The van der Waals surface area contributed by atoms with Crippen molar-refractivity contribution in [1.29, 1.82) is 5.26 Å². The first kappa shape index (κ1) is 19.3. The lowest BCUT2D eigenvalue weighted by molar-refractivity contribution is -0.885. The molecule has 1 unspecified atom stereocenters. The van der Waals surface area contributed by atoms with Crippen LogP contribution in [0.2, 0.25) is 0 Å². The summed E-state index contributed by atoms with van der Waals surface area (Å²) in [5.74, 6) is 1.27. The maximum atomic E-state index is 12.3. The standard InChI is InChI=1S/C20H23N3O3/c1-14-8-18(25-3)19(26-4)10-16(14)12-23(2)13-20(24)22-17-7-5-6-15(9-17)11-21/h5-10H,12-13H2,1-4H3,(H,22,24)/p+1. The van der Waals surface area contributed by atoms with Gasteiger partial charge >= 0.3 is 0 Å². The third-order valence-corrected chi connectivity index (χ3v) is 4.07. The summed E-state index contributed by atoms with van der Waals surface area (Å²) in [6, 6.07) is 12.8. The van der Waals surface area contributed by atoms with Crippen LogP contribution in [0.1, 0.15) is 16.7 Å². The quantitative estimate of drug-likeness (QED) is 0.791. The molecule has 0 aliphatic carbocycles. The number of carbonyl (C=O) groups is 1. The second kappa shape index (κ2) is 8.88. The van der Waals surface area contributed by atoms with E-state index < -0.39 is 0 Å². The Kier molecular flexibility index (Phi) is 6.59. The summed E-state index contributed by atoms with van der Waals surface area (Å²) in [6.45, 7) is 3.00. The maximum absolute atomic E-state index is 12.3. The van der Waals surface area contributed by atoms with E-state index in [1.807, 2.05) is 26.1 Å². The van der Waals surface area contributed by atoms with Crippen molar-refractivity contribution in [3.8, 4) is 17.6 Å². The summed E-state index contributed by atoms with van der Waals surface area (Å²) in [5.41, 5.74) is 3.33. The van der Waals surface area contributed by atoms with Gasteiger partial charge in [0, 0.05) is 11.3 Å². The number of rotatable bonds is 7. The highest BCUT2D eigenvalue weighted by Gasteiger charge is 2.15. The third kappa shape index (κ3) is 4.98. The fourth-order valence-corrected chi connectivity index (χ4v) is 2.75. The first-order chi connectivity index (χ1) is 12.5. The number of amides is 1. The fourth-order valence-electron chi connectivity index (χ4n) is 2.75. The zero-order chi connectivity index (χ0) is 19.1. The number of carbonyl (C=O) groups excluding carboxylic acids is 1. The van der Waals surface area contributed by atoms with Crippen LogP contribution in [0.15, 0.2) is 36.4 Å². The van der Waals surface area contributed by atoms with E-state index >= 15 is 0 Å². The summed E-state index contributed by atoms with van der Waals surface area (Å²) < 4.78 is 10.7. The molecule has 0 saturated carbocycles. The molecule has 0 radical (unpaired) electrons. The van der Waals surface area contributed by atoms with E-state index in [4.69, 9.17) is 14.7 Å². The van der Waals surface area contributed by atoms with E-state index in [1.165, 1.54) is 0 Å². The van der Waals surface area contributed by atoms with E-state index in [2.05, 4.69) is 11.4 Å². The molecule has 6 heteroatoms. The molecule has 0 heterocycles. The number of quaternary nitrogens is 1. The average molecular weight is 354 g/mol. The van der Waals surface area contributed by atoms with Crippen LogP contribution in [-0.4, -0.2) is 33.7 Å². The van der Waals surface area contributed by atoms with Gasteiger partial charge in [0.2, 0.25) is 0 Å². The Bertz CT molecular complexity index is 828. The van der Waals surface area contributed by atoms with Crippen molar-refractivity contribution in [2.45, 2.75) is 13.5 Å². The van der Waals surface area contributed by atoms with Gasteiger partial charge in [-0.3, -0.25) is 4.79 Å². The molecule has 2 aromatic rings. The van der Waals surface area contributed by atoms with Gasteiger partial charge in [0.25, 0.3) is 5.91 Å². The second-order valence-electron chi connectivity index (χ2n) is 6.19. The average Bonchev–Trinajstić information content (AvgIpc) is 2.62. The summed E-state index contributed by atoms with van der Waals surface area (Å²) in [4.78, 5) is 13.3. The van der Waals surface area contributed by atoms with Gasteiger partial charge in [-0.1, -0.05) is 6.07 Å². The largest absolute Gasteiger partial charge is 0.493 e. The molecule has 6 nitrogen and oxygen atoms in total. The van der Waals surface area contributed by atoms with Crippen molar-refractivity contribution in [3.63, 3.8) is 0 Å². The molecule has 0 bridgehead atoms. The number of nitrogens with zero attached hydrogens (tertiary/aromatic N) is 1. The lowest BCUT2D eigenvalue weighted by Crippen LogP contribution is -3.08. The molecular formula is C20H24N3O3+. The van der Waals surface area contributed by atoms with E-state index in [0.717, 1.165) is 16.0 Å². The van der Waals surface area contributed by atoms with E-state index in [-0.39, 0.29) is 5.91 Å². The van der Waals surface area contributed by atoms with E-state index in [1.54, 1.807) is 38.5 Å². The maximum Gasteiger partial charge on any atom is 0.279 e. The number of aryl methyl sites for hydroxylation is 1.